The maximum absolute atomic E-state index is 12.6. The Labute approximate surface area is 99.6 Å². The highest BCUT2D eigenvalue weighted by Crippen LogP contribution is 2.17. The summed E-state index contributed by atoms with van der Waals surface area (Å²) in [4.78, 5) is 12.3. The van der Waals surface area contributed by atoms with Crippen LogP contribution in [0.5, 0.6) is 0 Å². The zero-order valence-electron chi connectivity index (χ0n) is 9.33. The van der Waals surface area contributed by atoms with Crippen molar-refractivity contribution in [1.82, 2.24) is 5.32 Å². The van der Waals surface area contributed by atoms with Crippen LogP contribution in [0.2, 0.25) is 0 Å². The summed E-state index contributed by atoms with van der Waals surface area (Å²) in [6.45, 7) is 2.82. The van der Waals surface area contributed by atoms with Crippen molar-refractivity contribution in [2.24, 2.45) is 0 Å². The largest absolute Gasteiger partial charge is 0.355 e. The molecule has 0 radical (unpaired) electrons. The molecule has 1 rings (SSSR count). The molecule has 0 saturated carbocycles. The van der Waals surface area contributed by atoms with Crippen LogP contribution in [0.15, 0.2) is 29.2 Å². The fraction of sp³-hybridized carbons (Fsp3) is 0.417. The van der Waals surface area contributed by atoms with Crippen molar-refractivity contribution in [3.8, 4) is 0 Å². The third-order valence-electron chi connectivity index (χ3n) is 2.04. The van der Waals surface area contributed by atoms with Crippen LogP contribution in [-0.2, 0) is 4.79 Å². The number of amides is 1. The number of hydrogen-bond donors (Lipinski definition) is 1. The Morgan fingerprint density at radius 2 is 2.06 bits per heavy atom. The van der Waals surface area contributed by atoms with E-state index < -0.39 is 0 Å². The number of thioether (sulfide) groups is 1. The Kier molecular flexibility index (Phi) is 5.93. The van der Waals surface area contributed by atoms with Gasteiger partial charge in [0.2, 0.25) is 5.91 Å². The molecule has 4 heteroatoms. The molecular weight excluding hydrogens is 225 g/mol. The van der Waals surface area contributed by atoms with E-state index in [9.17, 15) is 9.18 Å². The van der Waals surface area contributed by atoms with Crippen LogP contribution in [0.1, 0.15) is 19.8 Å². The number of unbranched alkanes of at least 4 members (excludes halogenated alkanes) is 1. The van der Waals surface area contributed by atoms with Crippen molar-refractivity contribution in [3.63, 3.8) is 0 Å². The highest BCUT2D eigenvalue weighted by Gasteiger charge is 2.01. The van der Waals surface area contributed by atoms with Gasteiger partial charge < -0.3 is 5.32 Å². The van der Waals surface area contributed by atoms with Crippen molar-refractivity contribution in [2.45, 2.75) is 24.7 Å². The van der Waals surface area contributed by atoms with Gasteiger partial charge in [-0.15, -0.1) is 11.8 Å². The first-order valence-corrected chi connectivity index (χ1v) is 6.36. The van der Waals surface area contributed by atoms with Gasteiger partial charge in [-0.3, -0.25) is 4.79 Å². The number of halogens is 1. The van der Waals surface area contributed by atoms with Crippen LogP contribution in [-0.4, -0.2) is 18.2 Å². The quantitative estimate of drug-likeness (QED) is 0.613. The van der Waals surface area contributed by atoms with Crippen molar-refractivity contribution in [1.29, 1.82) is 0 Å². The summed E-state index contributed by atoms with van der Waals surface area (Å²) in [6.07, 6.45) is 2.08. The number of rotatable bonds is 6. The third kappa shape index (κ3) is 5.16. The van der Waals surface area contributed by atoms with Crippen LogP contribution >= 0.6 is 11.8 Å². The molecule has 1 N–H and O–H groups in total. The first-order chi connectivity index (χ1) is 7.72. The summed E-state index contributed by atoms with van der Waals surface area (Å²) < 4.78 is 12.6. The Bertz CT molecular complexity index is 326. The second-order valence-electron chi connectivity index (χ2n) is 3.45. The lowest BCUT2D eigenvalue weighted by Gasteiger charge is -2.04. The molecule has 0 aliphatic carbocycles. The normalized spacial score (nSPS) is 10.1. The highest BCUT2D eigenvalue weighted by molar-refractivity contribution is 8.00. The van der Waals surface area contributed by atoms with Crippen LogP contribution in [0.25, 0.3) is 0 Å². The van der Waals surface area contributed by atoms with Gasteiger partial charge in [0, 0.05) is 11.4 Å². The van der Waals surface area contributed by atoms with Gasteiger partial charge in [0.15, 0.2) is 0 Å². The molecule has 0 aliphatic rings. The van der Waals surface area contributed by atoms with Gasteiger partial charge in [0.05, 0.1) is 5.75 Å². The number of nitrogens with one attached hydrogen (secondary N) is 1. The first kappa shape index (κ1) is 13.0. The topological polar surface area (TPSA) is 29.1 Å². The van der Waals surface area contributed by atoms with Gasteiger partial charge in [-0.1, -0.05) is 13.3 Å². The van der Waals surface area contributed by atoms with E-state index in [1.54, 1.807) is 12.1 Å². The predicted molar refractivity (Wildman–Crippen MR) is 65.0 cm³/mol. The van der Waals surface area contributed by atoms with E-state index in [1.807, 2.05) is 0 Å². The van der Waals surface area contributed by atoms with E-state index in [0.29, 0.717) is 5.75 Å². The van der Waals surface area contributed by atoms with Crippen LogP contribution in [0, 0.1) is 5.82 Å². The smallest absolute Gasteiger partial charge is 0.230 e. The lowest BCUT2D eigenvalue weighted by atomic mass is 10.3. The second kappa shape index (κ2) is 7.28. The van der Waals surface area contributed by atoms with E-state index in [4.69, 9.17) is 0 Å². The lowest BCUT2D eigenvalue weighted by molar-refractivity contribution is -0.118. The molecule has 16 heavy (non-hydrogen) atoms. The Hall–Kier alpha value is -1.03. The first-order valence-electron chi connectivity index (χ1n) is 5.37. The van der Waals surface area contributed by atoms with Crippen molar-refractivity contribution < 1.29 is 9.18 Å². The third-order valence-corrected chi connectivity index (χ3v) is 3.05. The molecule has 0 unspecified atom stereocenters. The Morgan fingerprint density at radius 1 is 1.38 bits per heavy atom. The van der Waals surface area contributed by atoms with Gasteiger partial charge >= 0.3 is 0 Å². The lowest BCUT2D eigenvalue weighted by Crippen LogP contribution is -2.25. The minimum atomic E-state index is -0.253. The molecule has 0 aliphatic heterocycles. The van der Waals surface area contributed by atoms with Gasteiger partial charge in [0.25, 0.3) is 0 Å². The van der Waals surface area contributed by atoms with E-state index in [-0.39, 0.29) is 11.7 Å². The van der Waals surface area contributed by atoms with Crippen LogP contribution < -0.4 is 5.32 Å². The molecule has 88 valence electrons. The maximum Gasteiger partial charge on any atom is 0.230 e. The van der Waals surface area contributed by atoms with Gasteiger partial charge in [-0.05, 0) is 30.7 Å². The summed E-state index contributed by atoms with van der Waals surface area (Å²) in [5.74, 6) is 0.162. The summed E-state index contributed by atoms with van der Waals surface area (Å²) >= 11 is 1.42. The van der Waals surface area contributed by atoms with Crippen LogP contribution in [0.3, 0.4) is 0 Å². The Balaban J connectivity index is 2.23. The number of carbonyl (C=O) groups is 1. The molecule has 0 heterocycles. The summed E-state index contributed by atoms with van der Waals surface area (Å²) in [5, 5.41) is 2.83. The fourth-order valence-electron chi connectivity index (χ4n) is 1.14. The number of hydrogen-bond acceptors (Lipinski definition) is 2. The van der Waals surface area contributed by atoms with Gasteiger partial charge in [-0.2, -0.15) is 0 Å². The maximum atomic E-state index is 12.6. The molecule has 0 spiro atoms. The van der Waals surface area contributed by atoms with Crippen molar-refractivity contribution >= 4 is 17.7 Å². The van der Waals surface area contributed by atoms with E-state index in [1.165, 1.54) is 23.9 Å². The average molecular weight is 241 g/mol. The standard InChI is InChI=1S/C12H16FNOS/c1-2-3-8-14-12(15)9-16-11-6-4-10(13)5-7-11/h4-7H,2-3,8-9H2,1H3,(H,14,15). The van der Waals surface area contributed by atoms with Crippen LogP contribution in [0.4, 0.5) is 4.39 Å². The molecule has 0 atom stereocenters. The molecule has 1 aromatic carbocycles. The number of carbonyl (C=O) groups excluding carboxylic acids is 1. The molecule has 2 nitrogen and oxygen atoms in total. The second-order valence-corrected chi connectivity index (χ2v) is 4.49. The van der Waals surface area contributed by atoms with E-state index >= 15 is 0 Å². The molecule has 0 aromatic heterocycles. The predicted octanol–water partition coefficient (Wildman–Crippen LogP) is 2.83. The minimum absolute atomic E-state index is 0.0303. The zero-order valence-corrected chi connectivity index (χ0v) is 10.1. The van der Waals surface area contributed by atoms with Gasteiger partial charge in [0.1, 0.15) is 5.82 Å². The summed E-state index contributed by atoms with van der Waals surface area (Å²) in [7, 11) is 0. The van der Waals surface area contributed by atoms with E-state index in [2.05, 4.69) is 12.2 Å². The zero-order chi connectivity index (χ0) is 11.8. The summed E-state index contributed by atoms with van der Waals surface area (Å²) in [5.41, 5.74) is 0. The summed E-state index contributed by atoms with van der Waals surface area (Å²) in [6, 6.07) is 6.16. The molecule has 1 aromatic rings. The Morgan fingerprint density at radius 3 is 2.69 bits per heavy atom. The molecular formula is C12H16FNOS. The monoisotopic (exact) mass is 241 g/mol. The number of benzene rings is 1. The SMILES string of the molecule is CCCCNC(=O)CSc1ccc(F)cc1. The average Bonchev–Trinajstić information content (AvgIpc) is 2.29. The van der Waals surface area contributed by atoms with Crippen molar-refractivity contribution in [2.75, 3.05) is 12.3 Å². The fourth-order valence-corrected chi connectivity index (χ4v) is 1.86. The van der Waals surface area contributed by atoms with Crippen molar-refractivity contribution in [3.05, 3.63) is 30.1 Å². The van der Waals surface area contributed by atoms with Gasteiger partial charge in [-0.25, -0.2) is 4.39 Å². The molecule has 0 saturated heterocycles. The minimum Gasteiger partial charge on any atom is -0.355 e. The molecule has 0 fully saturated rings. The molecule has 0 bridgehead atoms. The molecule has 1 amide bonds. The highest BCUT2D eigenvalue weighted by atomic mass is 32.2. The van der Waals surface area contributed by atoms with E-state index in [0.717, 1.165) is 24.3 Å².